The van der Waals surface area contributed by atoms with E-state index < -0.39 is 0 Å². The Bertz CT molecular complexity index is 903. The van der Waals surface area contributed by atoms with Crippen molar-refractivity contribution >= 4 is 6.09 Å². The Morgan fingerprint density at radius 3 is 2.40 bits per heavy atom. The van der Waals surface area contributed by atoms with Gasteiger partial charge in [-0.3, -0.25) is 0 Å². The quantitative estimate of drug-likeness (QED) is 0.528. The lowest BCUT2D eigenvalue weighted by molar-refractivity contribution is -0.168. The van der Waals surface area contributed by atoms with Gasteiger partial charge in [0.05, 0.1) is 18.3 Å². The Kier molecular flexibility index (Phi) is 5.18. The summed E-state index contributed by atoms with van der Waals surface area (Å²) in [6, 6.07) is 0. The molecule has 5 heteroatoms. The molecule has 35 heavy (non-hydrogen) atoms. The number of carbonyl (C=O) groups excluding carboxylic acids is 1. The predicted octanol–water partition coefficient (Wildman–Crippen LogP) is 5.89. The summed E-state index contributed by atoms with van der Waals surface area (Å²) >= 11 is 0. The van der Waals surface area contributed by atoms with Crippen LogP contribution in [0.3, 0.4) is 0 Å². The summed E-state index contributed by atoms with van der Waals surface area (Å²) in [6.45, 7) is 12.8. The number of ether oxygens (including phenoxy) is 2. The van der Waals surface area contributed by atoms with Gasteiger partial charge in [0, 0.05) is 14.1 Å². The third-order valence-electron chi connectivity index (χ3n) is 13.5. The Hall–Kier alpha value is -0.810. The highest BCUT2D eigenvalue weighted by Crippen LogP contribution is 2.89. The third kappa shape index (κ3) is 2.92. The van der Waals surface area contributed by atoms with Gasteiger partial charge in [-0.05, 0) is 109 Å². The monoisotopic (exact) mass is 487 g/mol. The third-order valence-corrected chi connectivity index (χ3v) is 13.5. The van der Waals surface area contributed by atoms with Gasteiger partial charge in [-0.2, -0.15) is 0 Å². The molecule has 6 rings (SSSR count). The van der Waals surface area contributed by atoms with Gasteiger partial charge in [0.1, 0.15) is 6.61 Å². The van der Waals surface area contributed by atoms with Gasteiger partial charge in [0.2, 0.25) is 0 Å². The zero-order valence-electron chi connectivity index (χ0n) is 23.2. The van der Waals surface area contributed by atoms with E-state index in [-0.39, 0.29) is 29.8 Å². The minimum absolute atomic E-state index is 0.0140. The van der Waals surface area contributed by atoms with Gasteiger partial charge in [-0.25, -0.2) is 4.79 Å². The molecule has 1 heterocycles. The minimum Gasteiger partial charge on any atom is -0.447 e. The normalized spacial score (nSPS) is 55.5. The first kappa shape index (κ1) is 24.5. The summed E-state index contributed by atoms with van der Waals surface area (Å²) in [5.74, 6) is 2.65. The summed E-state index contributed by atoms with van der Waals surface area (Å²) in [5.41, 5.74) is 1.65. The molecular formula is C30H49NO4. The van der Waals surface area contributed by atoms with Gasteiger partial charge < -0.3 is 19.5 Å². The number of nitrogens with zero attached hydrogens (tertiary/aromatic N) is 1. The Morgan fingerprint density at radius 1 is 1.00 bits per heavy atom. The second kappa shape index (κ2) is 7.40. The molecule has 2 spiro atoms. The lowest BCUT2D eigenvalue weighted by atomic mass is 9.41. The van der Waals surface area contributed by atoms with Crippen molar-refractivity contribution < 1.29 is 19.4 Å². The lowest BCUT2D eigenvalue weighted by Gasteiger charge is -2.63. The van der Waals surface area contributed by atoms with E-state index in [1.165, 1.54) is 43.4 Å². The maximum Gasteiger partial charge on any atom is 0.409 e. The molecule has 1 N–H and O–H groups in total. The second-order valence-electron chi connectivity index (χ2n) is 15.1. The van der Waals surface area contributed by atoms with Crippen molar-refractivity contribution in [1.29, 1.82) is 0 Å². The van der Waals surface area contributed by atoms with Crippen LogP contribution in [0.5, 0.6) is 0 Å². The molecule has 1 aliphatic heterocycles. The van der Waals surface area contributed by atoms with Crippen LogP contribution >= 0.6 is 0 Å². The summed E-state index contributed by atoms with van der Waals surface area (Å²) < 4.78 is 12.3. The highest BCUT2D eigenvalue weighted by molar-refractivity contribution is 5.66. The van der Waals surface area contributed by atoms with Gasteiger partial charge in [-0.1, -0.05) is 34.6 Å². The Balaban J connectivity index is 1.26. The number of amides is 1. The molecule has 10 unspecified atom stereocenters. The van der Waals surface area contributed by atoms with Crippen molar-refractivity contribution in [3.63, 3.8) is 0 Å². The summed E-state index contributed by atoms with van der Waals surface area (Å²) in [7, 11) is 3.46. The van der Waals surface area contributed by atoms with Crippen LogP contribution < -0.4 is 0 Å². The van der Waals surface area contributed by atoms with E-state index in [0.717, 1.165) is 25.2 Å². The van der Waals surface area contributed by atoms with Crippen LogP contribution in [0.1, 0.15) is 92.4 Å². The van der Waals surface area contributed by atoms with Crippen LogP contribution in [0.2, 0.25) is 0 Å². The maximum absolute atomic E-state index is 12.0. The van der Waals surface area contributed by atoms with Crippen molar-refractivity contribution in [2.24, 2.45) is 50.7 Å². The zero-order valence-corrected chi connectivity index (χ0v) is 23.2. The highest BCUT2D eigenvalue weighted by atomic mass is 16.6. The molecule has 198 valence electrons. The van der Waals surface area contributed by atoms with Crippen LogP contribution in [-0.2, 0) is 9.47 Å². The Labute approximate surface area is 212 Å². The molecule has 0 radical (unpaired) electrons. The van der Waals surface area contributed by atoms with Crippen LogP contribution in [0.15, 0.2) is 0 Å². The van der Waals surface area contributed by atoms with Gasteiger partial charge in [-0.15, -0.1) is 0 Å². The first-order valence-electron chi connectivity index (χ1n) is 14.5. The molecular weight excluding hydrogens is 438 g/mol. The molecule has 6 fully saturated rings. The van der Waals surface area contributed by atoms with Crippen molar-refractivity contribution in [3.05, 3.63) is 0 Å². The van der Waals surface area contributed by atoms with Gasteiger partial charge >= 0.3 is 6.09 Å². The van der Waals surface area contributed by atoms with Crippen LogP contribution in [0, 0.1) is 50.7 Å². The number of aliphatic hydroxyl groups excluding tert-OH is 1. The molecule has 1 saturated heterocycles. The molecule has 5 nitrogen and oxygen atoms in total. The Morgan fingerprint density at radius 2 is 1.69 bits per heavy atom. The van der Waals surface area contributed by atoms with E-state index in [4.69, 9.17) is 9.47 Å². The number of carbonyl (C=O) groups is 1. The van der Waals surface area contributed by atoms with E-state index >= 15 is 0 Å². The summed E-state index contributed by atoms with van der Waals surface area (Å²) in [6.07, 6.45) is 11.0. The molecule has 0 aromatic heterocycles. The number of rotatable bonds is 2. The number of aliphatic hydroxyl groups is 1. The molecule has 0 aromatic rings. The van der Waals surface area contributed by atoms with Crippen molar-refractivity contribution in [2.75, 3.05) is 20.7 Å². The first-order chi connectivity index (χ1) is 16.3. The number of hydrogen-bond acceptors (Lipinski definition) is 4. The van der Waals surface area contributed by atoms with Crippen molar-refractivity contribution in [3.8, 4) is 0 Å². The second-order valence-corrected chi connectivity index (χ2v) is 15.1. The molecule has 0 bridgehead atoms. The highest BCUT2D eigenvalue weighted by Gasteiger charge is 2.83. The fourth-order valence-electron chi connectivity index (χ4n) is 11.8. The number of fused-ring (bicyclic) bond motifs is 4. The van der Waals surface area contributed by atoms with Crippen molar-refractivity contribution in [2.45, 2.75) is 111 Å². The smallest absolute Gasteiger partial charge is 0.409 e. The standard InChI is InChI=1S/C30H49NO4/c1-18-14-19(16-34-25(33)31(6)7)35-20-15-28(5)22-9-8-21-26(2,3)23(32)10-11-29(21)17-30(22,29)13-12-27(28,4)24(18)20/h18-24,32H,8-17H2,1-7H3/t18-,19?,20?,21?,22?,23?,24?,27?,28?,29?,30?/m1/s1. The fourth-order valence-corrected chi connectivity index (χ4v) is 11.8. The molecule has 0 aromatic carbocycles. The predicted molar refractivity (Wildman–Crippen MR) is 136 cm³/mol. The van der Waals surface area contributed by atoms with Crippen molar-refractivity contribution in [1.82, 2.24) is 4.90 Å². The SMILES string of the molecule is C[C@@H]1CC(COC(=O)N(C)C)OC2CC3(C)C4CCC5C(C)(C)C(O)CCC56CC46CCC3(C)C21. The lowest BCUT2D eigenvalue weighted by Crippen LogP contribution is -2.57. The molecule has 5 saturated carbocycles. The van der Waals surface area contributed by atoms with Crippen LogP contribution in [0.25, 0.3) is 0 Å². The topological polar surface area (TPSA) is 59.0 Å². The average Bonchev–Trinajstić information content (AvgIpc) is 3.38. The maximum atomic E-state index is 12.0. The molecule has 5 aliphatic carbocycles. The molecule has 6 aliphatic rings. The van der Waals surface area contributed by atoms with Crippen LogP contribution in [0.4, 0.5) is 4.79 Å². The molecule has 11 atom stereocenters. The largest absolute Gasteiger partial charge is 0.447 e. The summed E-state index contributed by atoms with van der Waals surface area (Å²) in [5, 5.41) is 10.9. The number of hydrogen-bond donors (Lipinski definition) is 1. The van der Waals surface area contributed by atoms with Gasteiger partial charge in [0.25, 0.3) is 0 Å². The van der Waals surface area contributed by atoms with E-state index in [1.807, 2.05) is 0 Å². The zero-order chi connectivity index (χ0) is 25.2. The van der Waals surface area contributed by atoms with Crippen LogP contribution in [-0.4, -0.2) is 55.1 Å². The van der Waals surface area contributed by atoms with E-state index in [9.17, 15) is 9.90 Å². The molecule has 1 amide bonds. The average molecular weight is 488 g/mol. The first-order valence-corrected chi connectivity index (χ1v) is 14.5. The van der Waals surface area contributed by atoms with E-state index in [2.05, 4.69) is 34.6 Å². The minimum atomic E-state index is -0.277. The fraction of sp³-hybridized carbons (Fsp3) is 0.967. The van der Waals surface area contributed by atoms with E-state index in [0.29, 0.717) is 46.0 Å². The van der Waals surface area contributed by atoms with Gasteiger partial charge in [0.15, 0.2) is 0 Å². The summed E-state index contributed by atoms with van der Waals surface area (Å²) in [4.78, 5) is 13.5. The van der Waals surface area contributed by atoms with E-state index in [1.54, 1.807) is 14.1 Å².